The van der Waals surface area contributed by atoms with Crippen molar-refractivity contribution in [2.24, 2.45) is 5.73 Å². The van der Waals surface area contributed by atoms with Gasteiger partial charge in [0.15, 0.2) is 0 Å². The SMILES string of the molecule is COC(=O)C1=C(C(=O)OC)N(c2ccc(C)cc2C)C(N)=C(C#N)C1c1ccccc1. The maximum atomic E-state index is 13.0. The molecule has 0 saturated heterocycles. The second-order valence-corrected chi connectivity index (χ2v) is 7.13. The predicted molar refractivity (Wildman–Crippen MR) is 115 cm³/mol. The Bertz CT molecular complexity index is 1140. The van der Waals surface area contributed by atoms with Gasteiger partial charge in [0, 0.05) is 0 Å². The van der Waals surface area contributed by atoms with E-state index in [1.807, 2.05) is 32.0 Å². The molecule has 2 aromatic carbocycles. The first kappa shape index (κ1) is 21.7. The van der Waals surface area contributed by atoms with E-state index < -0.39 is 17.9 Å². The molecule has 2 aromatic rings. The van der Waals surface area contributed by atoms with E-state index in [-0.39, 0.29) is 22.7 Å². The van der Waals surface area contributed by atoms with E-state index >= 15 is 0 Å². The highest BCUT2D eigenvalue weighted by atomic mass is 16.5. The second kappa shape index (κ2) is 8.76. The van der Waals surface area contributed by atoms with Crippen molar-refractivity contribution in [1.82, 2.24) is 0 Å². The van der Waals surface area contributed by atoms with E-state index in [1.165, 1.54) is 19.1 Å². The number of hydrogen-bond acceptors (Lipinski definition) is 7. The van der Waals surface area contributed by atoms with Gasteiger partial charge in [0.05, 0.1) is 43.0 Å². The van der Waals surface area contributed by atoms with Crippen LogP contribution in [-0.2, 0) is 19.1 Å². The molecule has 0 fully saturated rings. The molecule has 2 N–H and O–H groups in total. The van der Waals surface area contributed by atoms with E-state index in [2.05, 4.69) is 6.07 Å². The molecule has 7 heteroatoms. The molecule has 0 bridgehead atoms. The number of nitriles is 1. The molecule has 158 valence electrons. The van der Waals surface area contributed by atoms with Crippen LogP contribution in [0.15, 0.2) is 71.2 Å². The van der Waals surface area contributed by atoms with Crippen molar-refractivity contribution >= 4 is 17.6 Å². The second-order valence-electron chi connectivity index (χ2n) is 7.13. The Hall–Kier alpha value is -4.05. The lowest BCUT2D eigenvalue weighted by Gasteiger charge is -2.36. The minimum absolute atomic E-state index is 0.00808. The summed E-state index contributed by atoms with van der Waals surface area (Å²) < 4.78 is 10.0. The summed E-state index contributed by atoms with van der Waals surface area (Å²) >= 11 is 0. The number of rotatable bonds is 4. The minimum atomic E-state index is -0.880. The first-order valence-corrected chi connectivity index (χ1v) is 9.58. The van der Waals surface area contributed by atoms with Crippen molar-refractivity contribution in [3.63, 3.8) is 0 Å². The lowest BCUT2D eigenvalue weighted by atomic mass is 9.80. The normalized spacial score (nSPS) is 16.1. The molecule has 31 heavy (non-hydrogen) atoms. The number of ether oxygens (including phenoxy) is 2. The number of benzene rings is 2. The van der Waals surface area contributed by atoms with Gasteiger partial charge in [-0.15, -0.1) is 0 Å². The maximum Gasteiger partial charge on any atom is 0.355 e. The number of allylic oxidation sites excluding steroid dienone is 1. The summed E-state index contributed by atoms with van der Waals surface area (Å²) in [7, 11) is 2.45. The molecular weight excluding hydrogens is 394 g/mol. The van der Waals surface area contributed by atoms with Gasteiger partial charge in [-0.05, 0) is 31.0 Å². The fraction of sp³-hybridized carbons (Fsp3) is 0.208. The number of esters is 2. The summed E-state index contributed by atoms with van der Waals surface area (Å²) in [4.78, 5) is 27.4. The molecule has 1 unspecified atom stereocenters. The zero-order valence-electron chi connectivity index (χ0n) is 17.8. The zero-order valence-corrected chi connectivity index (χ0v) is 17.8. The monoisotopic (exact) mass is 417 g/mol. The van der Waals surface area contributed by atoms with Crippen LogP contribution >= 0.6 is 0 Å². The Morgan fingerprint density at radius 3 is 2.23 bits per heavy atom. The van der Waals surface area contributed by atoms with Crippen molar-refractivity contribution in [2.75, 3.05) is 19.1 Å². The quantitative estimate of drug-likeness (QED) is 0.762. The molecule has 1 aliphatic rings. The molecule has 0 amide bonds. The zero-order chi connectivity index (χ0) is 22.7. The van der Waals surface area contributed by atoms with Crippen molar-refractivity contribution in [3.8, 4) is 6.07 Å². The van der Waals surface area contributed by atoms with Gasteiger partial charge in [-0.25, -0.2) is 9.59 Å². The molecule has 1 aliphatic heterocycles. The fourth-order valence-corrected chi connectivity index (χ4v) is 3.82. The van der Waals surface area contributed by atoms with Gasteiger partial charge in [-0.1, -0.05) is 48.0 Å². The minimum Gasteiger partial charge on any atom is -0.466 e. The molecule has 3 rings (SSSR count). The standard InChI is InChI=1S/C24H23N3O4/c1-14-10-11-18(15(2)12-14)27-21(24(29)31-4)20(23(28)30-3)19(17(13-25)22(27)26)16-8-6-5-7-9-16/h5-12,19H,26H2,1-4H3. The number of nitrogens with zero attached hydrogens (tertiary/aromatic N) is 2. The third-order valence-corrected chi connectivity index (χ3v) is 5.20. The summed E-state index contributed by atoms with van der Waals surface area (Å²) in [5.74, 6) is -2.34. The van der Waals surface area contributed by atoms with E-state index in [0.29, 0.717) is 11.3 Å². The summed E-state index contributed by atoms with van der Waals surface area (Å²) in [5.41, 5.74) is 9.54. The van der Waals surface area contributed by atoms with Gasteiger partial charge in [0.1, 0.15) is 11.5 Å². The number of anilines is 1. The molecule has 0 aliphatic carbocycles. The highest BCUT2D eigenvalue weighted by Gasteiger charge is 2.43. The predicted octanol–water partition coefficient (Wildman–Crippen LogP) is 3.20. The van der Waals surface area contributed by atoms with Crippen LogP contribution in [0.25, 0.3) is 0 Å². The number of carbonyl (C=O) groups excluding carboxylic acids is 2. The van der Waals surface area contributed by atoms with Crippen molar-refractivity contribution in [2.45, 2.75) is 19.8 Å². The number of aryl methyl sites for hydroxylation is 2. The van der Waals surface area contributed by atoms with Gasteiger partial charge < -0.3 is 15.2 Å². The Morgan fingerprint density at radius 2 is 1.68 bits per heavy atom. The van der Waals surface area contributed by atoms with Crippen LogP contribution in [0, 0.1) is 25.2 Å². The van der Waals surface area contributed by atoms with Crippen LogP contribution in [0.1, 0.15) is 22.6 Å². The van der Waals surface area contributed by atoms with Crippen LogP contribution < -0.4 is 10.6 Å². The molecule has 1 heterocycles. The lowest BCUT2D eigenvalue weighted by Crippen LogP contribution is -2.41. The van der Waals surface area contributed by atoms with Gasteiger partial charge >= 0.3 is 11.9 Å². The van der Waals surface area contributed by atoms with Crippen LogP contribution in [0.3, 0.4) is 0 Å². The number of carbonyl (C=O) groups is 2. The number of hydrogen-bond donors (Lipinski definition) is 1. The van der Waals surface area contributed by atoms with Crippen LogP contribution in [0.4, 0.5) is 5.69 Å². The summed E-state index contributed by atoms with van der Waals surface area (Å²) in [5, 5.41) is 10.0. The summed E-state index contributed by atoms with van der Waals surface area (Å²) in [6.07, 6.45) is 0. The average Bonchev–Trinajstić information content (AvgIpc) is 2.78. The van der Waals surface area contributed by atoms with Gasteiger partial charge in [0.2, 0.25) is 0 Å². The average molecular weight is 417 g/mol. The molecule has 0 aromatic heterocycles. The lowest BCUT2D eigenvalue weighted by molar-refractivity contribution is -0.139. The van der Waals surface area contributed by atoms with E-state index in [0.717, 1.165) is 11.1 Å². The van der Waals surface area contributed by atoms with E-state index in [9.17, 15) is 14.9 Å². The van der Waals surface area contributed by atoms with Gasteiger partial charge in [-0.3, -0.25) is 4.90 Å². The van der Waals surface area contributed by atoms with Crippen LogP contribution in [0.5, 0.6) is 0 Å². The smallest absolute Gasteiger partial charge is 0.355 e. The molecule has 0 saturated carbocycles. The summed E-state index contributed by atoms with van der Waals surface area (Å²) in [6, 6.07) is 16.6. The highest BCUT2D eigenvalue weighted by Crippen LogP contribution is 2.43. The summed E-state index contributed by atoms with van der Waals surface area (Å²) in [6.45, 7) is 3.80. The molecule has 0 spiro atoms. The van der Waals surface area contributed by atoms with Gasteiger partial charge in [0.25, 0.3) is 0 Å². The Kier molecular flexibility index (Phi) is 6.12. The third kappa shape index (κ3) is 3.76. The maximum absolute atomic E-state index is 13.0. The Labute approximate surface area is 181 Å². The van der Waals surface area contributed by atoms with E-state index in [4.69, 9.17) is 15.2 Å². The van der Waals surface area contributed by atoms with E-state index in [1.54, 1.807) is 30.3 Å². The van der Waals surface area contributed by atoms with Gasteiger partial charge in [-0.2, -0.15) is 5.26 Å². The first-order valence-electron chi connectivity index (χ1n) is 9.58. The molecule has 1 atom stereocenters. The largest absolute Gasteiger partial charge is 0.466 e. The molecular formula is C24H23N3O4. The van der Waals surface area contributed by atoms with Crippen molar-refractivity contribution in [1.29, 1.82) is 5.26 Å². The number of nitrogens with two attached hydrogens (primary N) is 1. The Morgan fingerprint density at radius 1 is 1.03 bits per heavy atom. The van der Waals surface area contributed by atoms with Crippen molar-refractivity contribution in [3.05, 3.63) is 87.9 Å². The van der Waals surface area contributed by atoms with Crippen molar-refractivity contribution < 1.29 is 19.1 Å². The van der Waals surface area contributed by atoms with Crippen LogP contribution in [-0.4, -0.2) is 26.2 Å². The topological polar surface area (TPSA) is 106 Å². The fourth-order valence-electron chi connectivity index (χ4n) is 3.82. The molecule has 7 nitrogen and oxygen atoms in total. The third-order valence-electron chi connectivity index (χ3n) is 5.20. The van der Waals surface area contributed by atoms with Crippen LogP contribution in [0.2, 0.25) is 0 Å². The highest BCUT2D eigenvalue weighted by molar-refractivity contribution is 6.06. The molecule has 0 radical (unpaired) electrons. The number of methoxy groups -OCH3 is 2. The Balaban J connectivity index is 2.43. The first-order chi connectivity index (χ1) is 14.8.